The summed E-state index contributed by atoms with van der Waals surface area (Å²) < 4.78 is 0.197. The van der Waals surface area contributed by atoms with Gasteiger partial charge >= 0.3 is 0 Å². The van der Waals surface area contributed by atoms with Gasteiger partial charge < -0.3 is 11.1 Å². The van der Waals surface area contributed by atoms with Crippen molar-refractivity contribution in [2.24, 2.45) is 0 Å². The van der Waals surface area contributed by atoms with E-state index in [-0.39, 0.29) is 10.7 Å². The molecule has 4 N–H and O–H groups in total. The summed E-state index contributed by atoms with van der Waals surface area (Å²) in [7, 11) is 0. The monoisotopic (exact) mass is 268 g/mol. The van der Waals surface area contributed by atoms with Crippen LogP contribution in [0.5, 0.6) is 0 Å². The number of carbonyl (C=O) groups is 1. The molecule has 18 heavy (non-hydrogen) atoms. The van der Waals surface area contributed by atoms with Gasteiger partial charge in [-0.1, -0.05) is 19.3 Å². The zero-order valence-corrected chi connectivity index (χ0v) is 11.5. The predicted molar refractivity (Wildman–Crippen MR) is 74.7 cm³/mol. The highest BCUT2D eigenvalue weighted by Gasteiger charge is 2.31. The molecule has 0 bridgehead atoms. The Bertz CT molecular complexity index is 412. The molecule has 0 unspecified atom stereocenters. The number of H-pyrrole nitrogens is 1. The maximum absolute atomic E-state index is 12.0. The van der Waals surface area contributed by atoms with Gasteiger partial charge in [-0.2, -0.15) is 16.9 Å². The third-order valence-corrected chi connectivity index (χ3v) is 5.08. The maximum atomic E-state index is 12.0. The van der Waals surface area contributed by atoms with Crippen molar-refractivity contribution in [3.63, 3.8) is 0 Å². The van der Waals surface area contributed by atoms with E-state index in [2.05, 4.69) is 21.8 Å². The third-order valence-electron chi connectivity index (χ3n) is 3.66. The minimum absolute atomic E-state index is 0.163. The van der Waals surface area contributed by atoms with E-state index in [0.717, 1.165) is 0 Å². The minimum atomic E-state index is -0.163. The van der Waals surface area contributed by atoms with Crippen molar-refractivity contribution in [3.05, 3.63) is 11.9 Å². The molecule has 1 aliphatic rings. The van der Waals surface area contributed by atoms with Crippen LogP contribution < -0.4 is 11.1 Å². The van der Waals surface area contributed by atoms with Gasteiger partial charge in [-0.25, -0.2) is 0 Å². The molecule has 0 atom stereocenters. The zero-order valence-electron chi connectivity index (χ0n) is 10.7. The summed E-state index contributed by atoms with van der Waals surface area (Å²) in [4.78, 5) is 12.0. The van der Waals surface area contributed by atoms with Crippen LogP contribution >= 0.6 is 11.8 Å². The number of nitrogen functional groups attached to an aromatic ring is 1. The number of nitrogens with one attached hydrogen (secondary N) is 2. The SMILES string of the molecule is CSC1(CNC(=O)c2[nH]ncc2N)CCCCC1. The summed E-state index contributed by atoms with van der Waals surface area (Å²) in [6.07, 6.45) is 9.75. The van der Waals surface area contributed by atoms with Gasteiger partial charge in [0.1, 0.15) is 5.69 Å². The predicted octanol–water partition coefficient (Wildman–Crippen LogP) is 1.79. The highest BCUT2D eigenvalue weighted by Crippen LogP contribution is 2.37. The summed E-state index contributed by atoms with van der Waals surface area (Å²) >= 11 is 1.86. The Morgan fingerprint density at radius 2 is 2.28 bits per heavy atom. The normalized spacial score (nSPS) is 18.5. The number of anilines is 1. The highest BCUT2D eigenvalue weighted by molar-refractivity contribution is 8.00. The molecule has 2 rings (SSSR count). The Hall–Kier alpha value is -1.17. The smallest absolute Gasteiger partial charge is 0.271 e. The number of hydrogen-bond acceptors (Lipinski definition) is 4. The molecule has 0 saturated heterocycles. The van der Waals surface area contributed by atoms with Gasteiger partial charge in [0.05, 0.1) is 11.9 Å². The van der Waals surface area contributed by atoms with E-state index in [9.17, 15) is 4.79 Å². The summed E-state index contributed by atoms with van der Waals surface area (Å²) in [6.45, 7) is 0.700. The van der Waals surface area contributed by atoms with Crippen LogP contribution in [-0.2, 0) is 0 Å². The highest BCUT2D eigenvalue weighted by atomic mass is 32.2. The first-order chi connectivity index (χ1) is 8.67. The minimum Gasteiger partial charge on any atom is -0.396 e. The van der Waals surface area contributed by atoms with E-state index in [1.807, 2.05) is 11.8 Å². The van der Waals surface area contributed by atoms with E-state index in [4.69, 9.17) is 5.73 Å². The molecule has 0 spiro atoms. The summed E-state index contributed by atoms with van der Waals surface area (Å²) in [5.74, 6) is -0.163. The Morgan fingerprint density at radius 1 is 1.56 bits per heavy atom. The molecule has 1 saturated carbocycles. The summed E-state index contributed by atoms with van der Waals surface area (Å²) in [5, 5.41) is 9.36. The van der Waals surface area contributed by atoms with Crippen LogP contribution in [0, 0.1) is 0 Å². The average molecular weight is 268 g/mol. The number of amides is 1. The fraction of sp³-hybridized carbons (Fsp3) is 0.667. The molecule has 1 fully saturated rings. The van der Waals surface area contributed by atoms with E-state index < -0.39 is 0 Å². The number of nitrogens with two attached hydrogens (primary N) is 1. The Labute approximate surface area is 111 Å². The first-order valence-electron chi connectivity index (χ1n) is 6.29. The van der Waals surface area contributed by atoms with Gasteiger partial charge in [-0.15, -0.1) is 0 Å². The molecule has 1 amide bonds. The number of hydrogen-bond donors (Lipinski definition) is 3. The van der Waals surface area contributed by atoms with Crippen molar-refractivity contribution in [3.8, 4) is 0 Å². The molecule has 5 nitrogen and oxygen atoms in total. The molecule has 1 heterocycles. The molecule has 1 aromatic heterocycles. The quantitative estimate of drug-likeness (QED) is 0.777. The molecule has 0 aromatic carbocycles. The second kappa shape index (κ2) is 5.65. The summed E-state index contributed by atoms with van der Waals surface area (Å²) in [5.41, 5.74) is 6.42. The second-order valence-electron chi connectivity index (χ2n) is 4.83. The molecule has 6 heteroatoms. The zero-order chi connectivity index (χ0) is 13.0. The topological polar surface area (TPSA) is 83.8 Å². The summed E-state index contributed by atoms with van der Waals surface area (Å²) in [6, 6.07) is 0. The van der Waals surface area contributed by atoms with Crippen molar-refractivity contribution >= 4 is 23.4 Å². The molecule has 0 radical (unpaired) electrons. The second-order valence-corrected chi connectivity index (χ2v) is 6.11. The average Bonchev–Trinajstić information content (AvgIpc) is 2.83. The lowest BCUT2D eigenvalue weighted by atomic mass is 9.88. The number of thioether (sulfide) groups is 1. The Morgan fingerprint density at radius 3 is 2.83 bits per heavy atom. The van der Waals surface area contributed by atoms with Crippen LogP contribution in [0.25, 0.3) is 0 Å². The largest absolute Gasteiger partial charge is 0.396 e. The number of nitrogens with zero attached hydrogens (tertiary/aromatic N) is 1. The lowest BCUT2D eigenvalue weighted by Gasteiger charge is -2.35. The maximum Gasteiger partial charge on any atom is 0.271 e. The van der Waals surface area contributed by atoms with Gasteiger partial charge in [-0.3, -0.25) is 9.89 Å². The van der Waals surface area contributed by atoms with E-state index in [1.54, 1.807) is 0 Å². The molecule has 1 aromatic rings. The van der Waals surface area contributed by atoms with Crippen LogP contribution in [-0.4, -0.2) is 33.7 Å². The lowest BCUT2D eigenvalue weighted by Crippen LogP contribution is -2.42. The van der Waals surface area contributed by atoms with Gasteiger partial charge in [0, 0.05) is 11.3 Å². The van der Waals surface area contributed by atoms with Crippen molar-refractivity contribution in [1.29, 1.82) is 0 Å². The first-order valence-corrected chi connectivity index (χ1v) is 7.51. The molecule has 1 aliphatic carbocycles. The van der Waals surface area contributed by atoms with Gasteiger partial charge in [0.2, 0.25) is 0 Å². The van der Waals surface area contributed by atoms with Crippen molar-refractivity contribution in [2.45, 2.75) is 36.9 Å². The molecule has 100 valence electrons. The van der Waals surface area contributed by atoms with Crippen LogP contribution in [0.3, 0.4) is 0 Å². The number of rotatable bonds is 4. The fourth-order valence-electron chi connectivity index (χ4n) is 2.46. The van der Waals surface area contributed by atoms with E-state index in [0.29, 0.717) is 17.9 Å². The van der Waals surface area contributed by atoms with Crippen LogP contribution in [0.4, 0.5) is 5.69 Å². The molecular weight excluding hydrogens is 248 g/mol. The Balaban J connectivity index is 1.94. The van der Waals surface area contributed by atoms with Crippen LogP contribution in [0.15, 0.2) is 6.20 Å². The van der Waals surface area contributed by atoms with Crippen molar-refractivity contribution in [1.82, 2.24) is 15.5 Å². The standard InChI is InChI=1S/C12H20N4OS/c1-18-12(5-3-2-4-6-12)8-14-11(17)10-9(13)7-15-16-10/h7H,2-6,8,13H2,1H3,(H,14,17)(H,15,16). The Kier molecular flexibility index (Phi) is 4.16. The van der Waals surface area contributed by atoms with Crippen LogP contribution in [0.2, 0.25) is 0 Å². The van der Waals surface area contributed by atoms with Gasteiger partial charge in [0.25, 0.3) is 5.91 Å². The number of aromatic amines is 1. The lowest BCUT2D eigenvalue weighted by molar-refractivity contribution is 0.0943. The molecular formula is C12H20N4OS. The van der Waals surface area contributed by atoms with Gasteiger partial charge in [-0.05, 0) is 19.1 Å². The third kappa shape index (κ3) is 2.80. The number of aromatic nitrogens is 2. The fourth-order valence-corrected chi connectivity index (χ4v) is 3.37. The van der Waals surface area contributed by atoms with E-state index in [1.165, 1.54) is 38.3 Å². The van der Waals surface area contributed by atoms with Crippen molar-refractivity contribution < 1.29 is 4.79 Å². The molecule has 0 aliphatic heterocycles. The van der Waals surface area contributed by atoms with E-state index >= 15 is 0 Å². The van der Waals surface area contributed by atoms with Crippen molar-refractivity contribution in [2.75, 3.05) is 18.5 Å². The van der Waals surface area contributed by atoms with Gasteiger partial charge in [0.15, 0.2) is 0 Å². The van der Waals surface area contributed by atoms with Crippen LogP contribution in [0.1, 0.15) is 42.6 Å². The number of carbonyl (C=O) groups excluding carboxylic acids is 1. The first kappa shape index (κ1) is 13.3.